The van der Waals surface area contributed by atoms with Crippen molar-refractivity contribution in [1.82, 2.24) is 10.2 Å². The average Bonchev–Trinajstić information content (AvgIpc) is 3.01. The highest BCUT2D eigenvalue weighted by atomic mass is 16.2. The van der Waals surface area contributed by atoms with Crippen LogP contribution in [0.3, 0.4) is 0 Å². The Morgan fingerprint density at radius 3 is 2.32 bits per heavy atom. The summed E-state index contributed by atoms with van der Waals surface area (Å²) < 4.78 is 0. The fourth-order valence-electron chi connectivity index (χ4n) is 4.26. The molecule has 4 rings (SSSR count). The van der Waals surface area contributed by atoms with Gasteiger partial charge in [-0.25, -0.2) is 0 Å². The number of carbonyl (C=O) groups excluding carboxylic acids is 2. The summed E-state index contributed by atoms with van der Waals surface area (Å²) in [7, 11) is 0. The van der Waals surface area contributed by atoms with E-state index in [1.165, 1.54) is 0 Å². The van der Waals surface area contributed by atoms with Crippen LogP contribution in [0.5, 0.6) is 0 Å². The zero-order valence-electron chi connectivity index (χ0n) is 18.5. The van der Waals surface area contributed by atoms with E-state index >= 15 is 0 Å². The maximum absolute atomic E-state index is 13.5. The Morgan fingerprint density at radius 1 is 0.935 bits per heavy atom. The molecule has 1 aliphatic rings. The molecule has 0 spiro atoms. The second-order valence-electron chi connectivity index (χ2n) is 9.14. The van der Waals surface area contributed by atoms with Gasteiger partial charge in [-0.3, -0.25) is 9.59 Å². The summed E-state index contributed by atoms with van der Waals surface area (Å²) in [5.74, 6) is -0.243. The number of nitrogens with zero attached hydrogens (tertiary/aromatic N) is 1. The molecule has 3 aromatic rings. The van der Waals surface area contributed by atoms with Gasteiger partial charge >= 0.3 is 0 Å². The Balaban J connectivity index is 1.76. The monoisotopic (exact) mass is 412 g/mol. The summed E-state index contributed by atoms with van der Waals surface area (Å²) in [5.41, 5.74) is 5.11. The normalized spacial score (nSPS) is 15.7. The van der Waals surface area contributed by atoms with Crippen LogP contribution in [0.4, 0.5) is 0 Å². The van der Waals surface area contributed by atoms with E-state index in [4.69, 9.17) is 0 Å². The second-order valence-corrected chi connectivity index (χ2v) is 9.14. The van der Waals surface area contributed by atoms with Gasteiger partial charge in [0.15, 0.2) is 0 Å². The Labute approximate surface area is 183 Å². The molecule has 0 bridgehead atoms. The lowest BCUT2D eigenvalue weighted by molar-refractivity contribution is -0.127. The van der Waals surface area contributed by atoms with E-state index in [1.54, 1.807) is 4.90 Å². The second kappa shape index (κ2) is 8.03. The summed E-state index contributed by atoms with van der Waals surface area (Å²) in [5, 5.41) is 3.07. The van der Waals surface area contributed by atoms with Crippen LogP contribution in [0.2, 0.25) is 0 Å². The zero-order chi connectivity index (χ0) is 22.2. The fraction of sp³-hybridized carbons (Fsp3) is 0.259. The molecule has 0 fully saturated rings. The summed E-state index contributed by atoms with van der Waals surface area (Å²) in [4.78, 5) is 28.5. The number of fused-ring (bicyclic) bond motifs is 1. The van der Waals surface area contributed by atoms with Crippen molar-refractivity contribution in [1.29, 1.82) is 0 Å². The maximum Gasteiger partial charge on any atom is 0.255 e. The molecule has 0 saturated carbocycles. The van der Waals surface area contributed by atoms with E-state index in [9.17, 15) is 9.59 Å². The van der Waals surface area contributed by atoms with Crippen molar-refractivity contribution in [3.63, 3.8) is 0 Å². The number of hydrogen-bond donors (Lipinski definition) is 1. The quantitative estimate of drug-likeness (QED) is 0.634. The summed E-state index contributed by atoms with van der Waals surface area (Å²) in [6.07, 6.45) is 0. The lowest BCUT2D eigenvalue weighted by atomic mass is 9.98. The van der Waals surface area contributed by atoms with Crippen LogP contribution < -0.4 is 5.32 Å². The van der Waals surface area contributed by atoms with Gasteiger partial charge in [-0.2, -0.15) is 0 Å². The molecule has 1 heterocycles. The van der Waals surface area contributed by atoms with E-state index < -0.39 is 6.04 Å². The van der Waals surface area contributed by atoms with E-state index in [1.807, 2.05) is 82.3 Å². The molecule has 0 aliphatic carbocycles. The lowest BCUT2D eigenvalue weighted by Gasteiger charge is -2.29. The van der Waals surface area contributed by atoms with Gasteiger partial charge in [-0.1, -0.05) is 72.8 Å². The molecule has 1 atom stereocenters. The Bertz CT molecular complexity index is 1130. The highest BCUT2D eigenvalue weighted by molar-refractivity contribution is 6.05. The third-order valence-corrected chi connectivity index (χ3v) is 5.58. The van der Waals surface area contributed by atoms with Crippen molar-refractivity contribution in [3.8, 4) is 11.1 Å². The predicted octanol–water partition coefficient (Wildman–Crippen LogP) is 5.27. The van der Waals surface area contributed by atoms with Gasteiger partial charge in [0.05, 0.1) is 0 Å². The van der Waals surface area contributed by atoms with Crippen LogP contribution >= 0.6 is 0 Å². The van der Waals surface area contributed by atoms with Crippen molar-refractivity contribution < 1.29 is 9.59 Å². The van der Waals surface area contributed by atoms with E-state index in [0.717, 1.165) is 27.8 Å². The average molecular weight is 413 g/mol. The van der Waals surface area contributed by atoms with E-state index in [0.29, 0.717) is 12.1 Å². The number of amides is 2. The van der Waals surface area contributed by atoms with Crippen LogP contribution in [0.25, 0.3) is 11.1 Å². The van der Waals surface area contributed by atoms with Crippen LogP contribution in [0, 0.1) is 6.92 Å². The maximum atomic E-state index is 13.5. The van der Waals surface area contributed by atoms with Crippen molar-refractivity contribution in [2.24, 2.45) is 0 Å². The predicted molar refractivity (Wildman–Crippen MR) is 124 cm³/mol. The number of hydrogen-bond acceptors (Lipinski definition) is 2. The highest BCUT2D eigenvalue weighted by Crippen LogP contribution is 2.38. The van der Waals surface area contributed by atoms with Crippen molar-refractivity contribution in [3.05, 3.63) is 95.1 Å². The van der Waals surface area contributed by atoms with Crippen molar-refractivity contribution in [2.45, 2.75) is 45.8 Å². The van der Waals surface area contributed by atoms with Gasteiger partial charge in [0.1, 0.15) is 6.04 Å². The van der Waals surface area contributed by atoms with Crippen LogP contribution in [0.1, 0.15) is 53.9 Å². The topological polar surface area (TPSA) is 49.4 Å². The molecule has 1 aliphatic heterocycles. The molecule has 31 heavy (non-hydrogen) atoms. The molecule has 4 heteroatoms. The Morgan fingerprint density at radius 2 is 1.61 bits per heavy atom. The molecule has 158 valence electrons. The third-order valence-electron chi connectivity index (χ3n) is 5.58. The first-order chi connectivity index (χ1) is 14.8. The number of rotatable bonds is 4. The number of nitrogens with one attached hydrogen (secondary N) is 1. The fourth-order valence-corrected chi connectivity index (χ4v) is 4.26. The standard InChI is InChI=1S/C27H28N2O2/c1-18-11-10-16-22-23(18)26(31)29(24(22)25(30)28-27(2,3)4)17-20-14-8-9-15-21(20)19-12-6-5-7-13-19/h5-16,24H,17H2,1-4H3,(H,28,30). The SMILES string of the molecule is Cc1cccc2c1C(=O)N(Cc1ccccc1-c1ccccc1)C2C(=O)NC(C)(C)C. The molecular weight excluding hydrogens is 384 g/mol. The number of aryl methyl sites for hydroxylation is 1. The molecule has 1 unspecified atom stereocenters. The van der Waals surface area contributed by atoms with E-state index in [2.05, 4.69) is 23.5 Å². The van der Waals surface area contributed by atoms with Crippen LogP contribution in [0.15, 0.2) is 72.8 Å². The molecule has 1 N–H and O–H groups in total. The summed E-state index contributed by atoms with van der Waals surface area (Å²) in [6.45, 7) is 8.15. The van der Waals surface area contributed by atoms with Gasteiger partial charge in [-0.05, 0) is 55.5 Å². The Hall–Kier alpha value is -3.40. The molecule has 4 nitrogen and oxygen atoms in total. The first-order valence-corrected chi connectivity index (χ1v) is 10.6. The molecule has 0 radical (unpaired) electrons. The highest BCUT2D eigenvalue weighted by Gasteiger charge is 2.42. The van der Waals surface area contributed by atoms with Crippen molar-refractivity contribution >= 4 is 11.8 Å². The molecule has 3 aromatic carbocycles. The minimum Gasteiger partial charge on any atom is -0.349 e. The van der Waals surface area contributed by atoms with Gasteiger partial charge in [0.2, 0.25) is 5.91 Å². The first-order valence-electron chi connectivity index (χ1n) is 10.6. The van der Waals surface area contributed by atoms with Gasteiger partial charge in [0, 0.05) is 17.6 Å². The van der Waals surface area contributed by atoms with E-state index in [-0.39, 0.29) is 17.4 Å². The summed E-state index contributed by atoms with van der Waals surface area (Å²) >= 11 is 0. The van der Waals surface area contributed by atoms with Crippen molar-refractivity contribution in [2.75, 3.05) is 0 Å². The Kier molecular flexibility index (Phi) is 5.40. The number of carbonyl (C=O) groups is 2. The summed E-state index contributed by atoms with van der Waals surface area (Å²) in [6, 6.07) is 23.3. The van der Waals surface area contributed by atoms with Gasteiger partial charge in [-0.15, -0.1) is 0 Å². The third kappa shape index (κ3) is 4.11. The van der Waals surface area contributed by atoms with Crippen LogP contribution in [-0.2, 0) is 11.3 Å². The molecule has 0 saturated heterocycles. The molecule has 2 amide bonds. The van der Waals surface area contributed by atoms with Crippen LogP contribution in [-0.4, -0.2) is 22.3 Å². The number of benzene rings is 3. The largest absolute Gasteiger partial charge is 0.349 e. The zero-order valence-corrected chi connectivity index (χ0v) is 18.5. The van der Waals surface area contributed by atoms with Gasteiger partial charge < -0.3 is 10.2 Å². The first kappa shape index (κ1) is 20.9. The molecular formula is C27H28N2O2. The molecule has 0 aromatic heterocycles. The smallest absolute Gasteiger partial charge is 0.255 e. The minimum atomic E-state index is -0.648. The lowest BCUT2D eigenvalue weighted by Crippen LogP contribution is -2.46. The van der Waals surface area contributed by atoms with Gasteiger partial charge in [0.25, 0.3) is 5.91 Å². The minimum absolute atomic E-state index is 0.0926.